The number of fused-ring (bicyclic) bond motifs is 1. The highest BCUT2D eigenvalue weighted by atomic mass is 32.2. The van der Waals surface area contributed by atoms with Crippen LogP contribution in [0.3, 0.4) is 0 Å². The first-order chi connectivity index (χ1) is 11.0. The molecule has 0 bridgehead atoms. The maximum Gasteiger partial charge on any atom is 0.324 e. The lowest BCUT2D eigenvalue weighted by Gasteiger charge is -2.17. The van der Waals surface area contributed by atoms with Gasteiger partial charge in [-0.2, -0.15) is 0 Å². The molecule has 3 amide bonds. The van der Waals surface area contributed by atoms with Crippen molar-refractivity contribution >= 4 is 34.6 Å². The Morgan fingerprint density at radius 1 is 1.35 bits per heavy atom. The number of hydrogen-bond acceptors (Lipinski definition) is 4. The number of pyridine rings is 1. The maximum atomic E-state index is 12.4. The van der Waals surface area contributed by atoms with Gasteiger partial charge in [0.05, 0.1) is 15.8 Å². The molecule has 1 atom stereocenters. The molecular weight excluding hydrogens is 310 g/mol. The molecule has 120 valence electrons. The van der Waals surface area contributed by atoms with Gasteiger partial charge in [-0.1, -0.05) is 30.0 Å². The van der Waals surface area contributed by atoms with Crippen LogP contribution in [0.4, 0.5) is 4.79 Å². The minimum atomic E-state index is -0.354. The van der Waals surface area contributed by atoms with Crippen LogP contribution in [0.2, 0.25) is 0 Å². The molecule has 0 spiro atoms. The number of aryl methyl sites for hydroxylation is 2. The second kappa shape index (κ2) is 6.20. The van der Waals surface area contributed by atoms with Gasteiger partial charge in [0.1, 0.15) is 0 Å². The van der Waals surface area contributed by atoms with E-state index < -0.39 is 0 Å². The average molecular weight is 329 g/mol. The van der Waals surface area contributed by atoms with Gasteiger partial charge in [-0.15, -0.1) is 0 Å². The normalized spacial score (nSPS) is 15.8. The Labute approximate surface area is 139 Å². The summed E-state index contributed by atoms with van der Waals surface area (Å²) < 4.78 is 0. The zero-order valence-electron chi connectivity index (χ0n) is 13.4. The summed E-state index contributed by atoms with van der Waals surface area (Å²) in [6.45, 7) is 6.86. The van der Waals surface area contributed by atoms with E-state index in [1.807, 2.05) is 39.0 Å². The number of para-hydroxylation sites is 1. The molecule has 0 saturated carbocycles. The van der Waals surface area contributed by atoms with Gasteiger partial charge < -0.3 is 5.32 Å². The van der Waals surface area contributed by atoms with Crippen molar-refractivity contribution in [1.82, 2.24) is 15.2 Å². The number of urea groups is 1. The Bertz CT molecular complexity index is 791. The Morgan fingerprint density at radius 2 is 2.13 bits per heavy atom. The summed E-state index contributed by atoms with van der Waals surface area (Å²) in [7, 11) is 0. The van der Waals surface area contributed by atoms with Gasteiger partial charge in [-0.25, -0.2) is 9.78 Å². The fourth-order valence-corrected chi connectivity index (χ4v) is 3.70. The molecule has 1 aliphatic heterocycles. The summed E-state index contributed by atoms with van der Waals surface area (Å²) in [6, 6.07) is 7.81. The van der Waals surface area contributed by atoms with Gasteiger partial charge in [0.25, 0.3) is 0 Å². The molecular formula is C17H19N3O2S. The molecule has 1 aromatic carbocycles. The first-order valence-corrected chi connectivity index (χ1v) is 8.48. The fourth-order valence-electron chi connectivity index (χ4n) is 2.72. The SMILES string of the molecule is Cc1cc(S[C@H](C)C(=O)N2CCNC2=O)nc2c(C)cccc12. The van der Waals surface area contributed by atoms with Gasteiger partial charge in [0.15, 0.2) is 0 Å². The highest BCUT2D eigenvalue weighted by Crippen LogP contribution is 2.28. The molecule has 1 aromatic heterocycles. The Kier molecular flexibility index (Phi) is 4.26. The smallest absolute Gasteiger partial charge is 0.324 e. The van der Waals surface area contributed by atoms with Crippen LogP contribution in [0.15, 0.2) is 29.3 Å². The molecule has 6 heteroatoms. The zero-order chi connectivity index (χ0) is 16.6. The van der Waals surface area contributed by atoms with Gasteiger partial charge in [-0.3, -0.25) is 9.69 Å². The van der Waals surface area contributed by atoms with Gasteiger partial charge >= 0.3 is 6.03 Å². The number of imide groups is 1. The topological polar surface area (TPSA) is 62.3 Å². The van der Waals surface area contributed by atoms with Crippen LogP contribution in [0.25, 0.3) is 10.9 Å². The highest BCUT2D eigenvalue weighted by molar-refractivity contribution is 8.00. The van der Waals surface area contributed by atoms with Crippen LogP contribution in [-0.2, 0) is 4.79 Å². The molecule has 2 heterocycles. The molecule has 0 aliphatic carbocycles. The Balaban J connectivity index is 1.85. The standard InChI is InChI=1S/C17H19N3O2S/c1-10-5-4-6-13-11(2)9-14(19-15(10)13)23-12(3)16(21)20-8-7-18-17(20)22/h4-6,9,12H,7-8H2,1-3H3,(H,18,22)/t12-/m1/s1. The molecule has 23 heavy (non-hydrogen) atoms. The summed E-state index contributed by atoms with van der Waals surface area (Å²) in [6.07, 6.45) is 0. The van der Waals surface area contributed by atoms with Crippen LogP contribution >= 0.6 is 11.8 Å². The monoisotopic (exact) mass is 329 g/mol. The van der Waals surface area contributed by atoms with Gasteiger partial charge in [0, 0.05) is 18.5 Å². The van der Waals surface area contributed by atoms with Crippen molar-refractivity contribution in [3.05, 3.63) is 35.4 Å². The minimum absolute atomic E-state index is 0.172. The van der Waals surface area contributed by atoms with E-state index in [0.717, 1.165) is 27.1 Å². The van der Waals surface area contributed by atoms with Crippen LogP contribution in [0.5, 0.6) is 0 Å². The van der Waals surface area contributed by atoms with Gasteiger partial charge in [0.2, 0.25) is 5.91 Å². The molecule has 0 radical (unpaired) electrons. The van der Waals surface area contributed by atoms with E-state index in [2.05, 4.69) is 11.4 Å². The van der Waals surface area contributed by atoms with E-state index in [1.54, 1.807) is 0 Å². The number of benzene rings is 1. The number of aromatic nitrogens is 1. The average Bonchev–Trinajstić information content (AvgIpc) is 2.94. The molecule has 1 fully saturated rings. The number of rotatable bonds is 3. The number of hydrogen-bond donors (Lipinski definition) is 1. The van der Waals surface area contributed by atoms with Crippen LogP contribution in [0, 0.1) is 13.8 Å². The lowest BCUT2D eigenvalue weighted by molar-refractivity contribution is -0.126. The number of nitrogens with zero attached hydrogens (tertiary/aromatic N) is 2. The van der Waals surface area contributed by atoms with E-state index in [1.165, 1.54) is 16.7 Å². The van der Waals surface area contributed by atoms with E-state index >= 15 is 0 Å². The van der Waals surface area contributed by atoms with Crippen LogP contribution in [0.1, 0.15) is 18.1 Å². The molecule has 3 rings (SSSR count). The Morgan fingerprint density at radius 3 is 2.83 bits per heavy atom. The summed E-state index contributed by atoms with van der Waals surface area (Å²) >= 11 is 1.40. The second-order valence-electron chi connectivity index (χ2n) is 5.73. The van der Waals surface area contributed by atoms with Gasteiger partial charge in [-0.05, 0) is 38.0 Å². The largest absolute Gasteiger partial charge is 0.336 e. The van der Waals surface area contributed by atoms with E-state index in [-0.39, 0.29) is 17.2 Å². The zero-order valence-corrected chi connectivity index (χ0v) is 14.2. The number of thioether (sulfide) groups is 1. The van der Waals surface area contributed by atoms with Crippen LogP contribution in [-0.4, -0.2) is 40.2 Å². The van der Waals surface area contributed by atoms with Crippen LogP contribution < -0.4 is 5.32 Å². The Hall–Kier alpha value is -2.08. The molecule has 1 N–H and O–H groups in total. The fraction of sp³-hybridized carbons (Fsp3) is 0.353. The number of carbonyl (C=O) groups is 2. The predicted octanol–water partition coefficient (Wildman–Crippen LogP) is 2.88. The first kappa shape index (κ1) is 15.8. The van der Waals surface area contributed by atoms with E-state index in [0.29, 0.717) is 13.1 Å². The van der Waals surface area contributed by atoms with Crippen molar-refractivity contribution in [2.45, 2.75) is 31.0 Å². The molecule has 1 aliphatic rings. The number of amides is 3. The van der Waals surface area contributed by atoms with Crippen molar-refractivity contribution in [3.8, 4) is 0 Å². The predicted molar refractivity (Wildman–Crippen MR) is 91.6 cm³/mol. The van der Waals surface area contributed by atoms with Crippen molar-refractivity contribution < 1.29 is 9.59 Å². The summed E-state index contributed by atoms with van der Waals surface area (Å²) in [5.41, 5.74) is 3.22. The minimum Gasteiger partial charge on any atom is -0.336 e. The second-order valence-corrected chi connectivity index (χ2v) is 7.09. The highest BCUT2D eigenvalue weighted by Gasteiger charge is 2.30. The van der Waals surface area contributed by atoms with Crippen molar-refractivity contribution in [3.63, 3.8) is 0 Å². The third kappa shape index (κ3) is 3.03. The quantitative estimate of drug-likeness (QED) is 0.880. The maximum absolute atomic E-state index is 12.4. The third-order valence-corrected chi connectivity index (χ3v) is 5.00. The molecule has 1 saturated heterocycles. The molecule has 2 aromatic rings. The molecule has 0 unspecified atom stereocenters. The van der Waals surface area contributed by atoms with Crippen molar-refractivity contribution in [2.75, 3.05) is 13.1 Å². The van der Waals surface area contributed by atoms with Crippen molar-refractivity contribution in [2.24, 2.45) is 0 Å². The van der Waals surface area contributed by atoms with Crippen molar-refractivity contribution in [1.29, 1.82) is 0 Å². The summed E-state index contributed by atoms with van der Waals surface area (Å²) in [4.78, 5) is 30.0. The first-order valence-electron chi connectivity index (χ1n) is 7.60. The summed E-state index contributed by atoms with van der Waals surface area (Å²) in [5, 5.41) is 4.24. The van der Waals surface area contributed by atoms with E-state index in [9.17, 15) is 9.59 Å². The van der Waals surface area contributed by atoms with E-state index in [4.69, 9.17) is 4.98 Å². The third-order valence-electron chi connectivity index (χ3n) is 3.99. The number of nitrogens with one attached hydrogen (secondary N) is 1. The summed E-state index contributed by atoms with van der Waals surface area (Å²) in [5.74, 6) is -0.172. The molecule has 5 nitrogen and oxygen atoms in total. The lowest BCUT2D eigenvalue weighted by Crippen LogP contribution is -2.38. The number of carbonyl (C=O) groups excluding carboxylic acids is 2. The lowest BCUT2D eigenvalue weighted by atomic mass is 10.1.